The minimum absolute atomic E-state index is 0.179. The average Bonchev–Trinajstić information content (AvgIpc) is 3.23. The molecule has 0 aromatic heterocycles. The van der Waals surface area contributed by atoms with Crippen molar-refractivity contribution in [2.24, 2.45) is 5.92 Å². The summed E-state index contributed by atoms with van der Waals surface area (Å²) in [5, 5.41) is 0.245. The Morgan fingerprint density at radius 3 is 2.23 bits per heavy atom. The Bertz CT molecular complexity index is 816. The van der Waals surface area contributed by atoms with Crippen molar-refractivity contribution in [3.63, 3.8) is 0 Å². The average molecular weight is 355 g/mol. The number of aldehydes is 1. The van der Waals surface area contributed by atoms with Gasteiger partial charge in [0.2, 0.25) is 0 Å². The molecule has 0 unspecified atom stereocenters. The molecular formula is C16H12Cl2O3S. The van der Waals surface area contributed by atoms with Gasteiger partial charge in [-0.25, -0.2) is 8.42 Å². The van der Waals surface area contributed by atoms with Crippen LogP contribution >= 0.6 is 23.2 Å². The normalized spacial score (nSPS) is 24.0. The maximum Gasteiger partial charge on any atom is 0.182 e. The van der Waals surface area contributed by atoms with Gasteiger partial charge in [-0.3, -0.25) is 0 Å². The smallest absolute Gasteiger partial charge is 0.182 e. The predicted octanol–water partition coefficient (Wildman–Crippen LogP) is 3.75. The van der Waals surface area contributed by atoms with Crippen LogP contribution in [0.5, 0.6) is 0 Å². The number of hydrogen-bond donors (Lipinski definition) is 0. The van der Waals surface area contributed by atoms with Crippen molar-refractivity contribution in [1.82, 2.24) is 0 Å². The quantitative estimate of drug-likeness (QED) is 0.785. The maximum absolute atomic E-state index is 12.7. The Kier molecular flexibility index (Phi) is 4.02. The highest BCUT2D eigenvalue weighted by molar-refractivity contribution is 7.92. The van der Waals surface area contributed by atoms with E-state index in [0.29, 0.717) is 16.3 Å². The van der Waals surface area contributed by atoms with Crippen LogP contribution in [0.25, 0.3) is 0 Å². The molecule has 0 aliphatic heterocycles. The second kappa shape index (κ2) is 5.69. The molecule has 3 nitrogen and oxygen atoms in total. The Morgan fingerprint density at radius 2 is 1.64 bits per heavy atom. The lowest BCUT2D eigenvalue weighted by molar-refractivity contribution is -0.108. The molecule has 0 saturated heterocycles. The molecule has 2 aromatic carbocycles. The maximum atomic E-state index is 12.7. The summed E-state index contributed by atoms with van der Waals surface area (Å²) in [5.74, 6) is -0.893. The van der Waals surface area contributed by atoms with Gasteiger partial charge in [0.15, 0.2) is 9.84 Å². The molecule has 1 saturated carbocycles. The number of rotatable bonds is 4. The first-order chi connectivity index (χ1) is 10.4. The largest absolute Gasteiger partial charge is 0.303 e. The van der Waals surface area contributed by atoms with Crippen molar-refractivity contribution in [2.75, 3.05) is 0 Å². The molecule has 3 rings (SSSR count). The Hall–Kier alpha value is -1.36. The molecule has 1 fully saturated rings. The number of halogens is 2. The molecule has 22 heavy (non-hydrogen) atoms. The fraction of sp³-hybridized carbons (Fsp3) is 0.188. The molecule has 0 heterocycles. The van der Waals surface area contributed by atoms with E-state index >= 15 is 0 Å². The van der Waals surface area contributed by atoms with Crippen molar-refractivity contribution in [3.8, 4) is 0 Å². The monoisotopic (exact) mass is 354 g/mol. The zero-order chi connectivity index (χ0) is 15.9. The molecule has 1 aliphatic rings. The van der Waals surface area contributed by atoms with E-state index in [2.05, 4.69) is 0 Å². The molecule has 114 valence electrons. The van der Waals surface area contributed by atoms with Gasteiger partial charge in [-0.1, -0.05) is 35.3 Å². The highest BCUT2D eigenvalue weighted by Gasteiger charge is 2.59. The topological polar surface area (TPSA) is 51.2 Å². The van der Waals surface area contributed by atoms with Crippen LogP contribution < -0.4 is 0 Å². The van der Waals surface area contributed by atoms with E-state index in [1.54, 1.807) is 24.3 Å². The number of benzene rings is 2. The summed E-state index contributed by atoms with van der Waals surface area (Å²) >= 11 is 11.7. The van der Waals surface area contributed by atoms with Gasteiger partial charge in [0.05, 0.1) is 10.1 Å². The van der Waals surface area contributed by atoms with Crippen LogP contribution in [0.3, 0.4) is 0 Å². The summed E-state index contributed by atoms with van der Waals surface area (Å²) < 4.78 is 25.4. The lowest BCUT2D eigenvalue weighted by Crippen LogP contribution is -2.11. The molecule has 0 amide bonds. The first-order valence-corrected chi connectivity index (χ1v) is 8.95. The van der Waals surface area contributed by atoms with E-state index < -0.39 is 21.0 Å². The third kappa shape index (κ3) is 2.67. The molecular weight excluding hydrogens is 343 g/mol. The van der Waals surface area contributed by atoms with Gasteiger partial charge in [0.25, 0.3) is 0 Å². The molecule has 0 spiro atoms. The fourth-order valence-electron chi connectivity index (χ4n) is 2.77. The number of carbonyl (C=O) groups excluding carboxylic acids is 1. The minimum Gasteiger partial charge on any atom is -0.303 e. The van der Waals surface area contributed by atoms with Crippen molar-refractivity contribution in [2.45, 2.75) is 16.1 Å². The zero-order valence-corrected chi connectivity index (χ0v) is 13.6. The molecule has 2 aromatic rings. The van der Waals surface area contributed by atoms with Gasteiger partial charge in [-0.05, 0) is 42.0 Å². The van der Waals surface area contributed by atoms with E-state index in [9.17, 15) is 13.2 Å². The SMILES string of the molecule is O=C[C@@H]1[C@@H](c2cccc(Cl)c2)[C@H]1S(=O)(=O)c1ccc(Cl)cc1. The lowest BCUT2D eigenvalue weighted by Gasteiger charge is -2.04. The molecule has 3 atom stereocenters. The summed E-state index contributed by atoms with van der Waals surface area (Å²) in [6.07, 6.45) is 0.712. The van der Waals surface area contributed by atoms with Crippen LogP contribution in [-0.4, -0.2) is 20.0 Å². The third-order valence-electron chi connectivity index (χ3n) is 3.90. The van der Waals surface area contributed by atoms with E-state index in [-0.39, 0.29) is 10.8 Å². The zero-order valence-electron chi connectivity index (χ0n) is 11.3. The lowest BCUT2D eigenvalue weighted by atomic mass is 10.1. The van der Waals surface area contributed by atoms with Gasteiger partial charge in [0, 0.05) is 21.9 Å². The summed E-state index contributed by atoms with van der Waals surface area (Å²) in [6.45, 7) is 0. The first-order valence-electron chi connectivity index (χ1n) is 6.65. The van der Waals surface area contributed by atoms with Crippen molar-refractivity contribution in [1.29, 1.82) is 0 Å². The predicted molar refractivity (Wildman–Crippen MR) is 86.2 cm³/mol. The third-order valence-corrected chi connectivity index (χ3v) is 6.64. The highest BCUT2D eigenvalue weighted by atomic mass is 35.5. The highest BCUT2D eigenvalue weighted by Crippen LogP contribution is 2.53. The van der Waals surface area contributed by atoms with E-state index in [0.717, 1.165) is 5.56 Å². The van der Waals surface area contributed by atoms with Gasteiger partial charge in [0.1, 0.15) is 6.29 Å². The van der Waals surface area contributed by atoms with Crippen LogP contribution in [0, 0.1) is 5.92 Å². The van der Waals surface area contributed by atoms with Crippen molar-refractivity contribution < 1.29 is 13.2 Å². The second-order valence-electron chi connectivity index (χ2n) is 5.26. The van der Waals surface area contributed by atoms with Crippen molar-refractivity contribution >= 4 is 39.3 Å². The molecule has 0 N–H and O–H groups in total. The van der Waals surface area contributed by atoms with Crippen LogP contribution in [-0.2, 0) is 14.6 Å². The fourth-order valence-corrected chi connectivity index (χ4v) is 5.21. The summed E-state index contributed by atoms with van der Waals surface area (Å²) in [6, 6.07) is 13.0. The van der Waals surface area contributed by atoms with Gasteiger partial charge in [-0.15, -0.1) is 0 Å². The summed E-state index contributed by atoms with van der Waals surface area (Å²) in [7, 11) is -3.59. The number of hydrogen-bond acceptors (Lipinski definition) is 3. The Balaban J connectivity index is 1.97. The molecule has 0 radical (unpaired) electrons. The van der Waals surface area contributed by atoms with Gasteiger partial charge < -0.3 is 4.79 Å². The number of sulfone groups is 1. The van der Waals surface area contributed by atoms with Crippen molar-refractivity contribution in [3.05, 3.63) is 64.1 Å². The second-order valence-corrected chi connectivity index (χ2v) is 8.24. The number of carbonyl (C=O) groups is 1. The van der Waals surface area contributed by atoms with E-state index in [4.69, 9.17) is 23.2 Å². The minimum atomic E-state index is -3.59. The Labute approximate surface area is 138 Å². The van der Waals surface area contributed by atoms with E-state index in [1.165, 1.54) is 24.3 Å². The van der Waals surface area contributed by atoms with E-state index in [1.807, 2.05) is 0 Å². The molecule has 1 aliphatic carbocycles. The van der Waals surface area contributed by atoms with Crippen LogP contribution in [0.2, 0.25) is 10.0 Å². The van der Waals surface area contributed by atoms with Crippen LogP contribution in [0.15, 0.2) is 53.4 Å². The molecule has 0 bridgehead atoms. The summed E-state index contributed by atoms with van der Waals surface area (Å²) in [4.78, 5) is 11.4. The Morgan fingerprint density at radius 1 is 0.955 bits per heavy atom. The summed E-state index contributed by atoms with van der Waals surface area (Å²) in [5.41, 5.74) is 0.770. The van der Waals surface area contributed by atoms with Gasteiger partial charge >= 0.3 is 0 Å². The van der Waals surface area contributed by atoms with Crippen LogP contribution in [0.4, 0.5) is 0 Å². The first kappa shape index (κ1) is 15.5. The molecule has 6 heteroatoms. The van der Waals surface area contributed by atoms with Gasteiger partial charge in [-0.2, -0.15) is 0 Å². The van der Waals surface area contributed by atoms with Crippen LogP contribution in [0.1, 0.15) is 11.5 Å². The standard InChI is InChI=1S/C16H12Cl2O3S/c17-11-4-6-13(7-5-11)22(20,21)16-14(9-19)15(16)10-2-1-3-12(18)8-10/h1-9,14-16H/t14-,15-,16+/m1/s1.